The highest BCUT2D eigenvalue weighted by Crippen LogP contribution is 2.53. The number of nitrogens with two attached hydrogens (primary N) is 1. The molecule has 0 bridgehead atoms. The predicted molar refractivity (Wildman–Crippen MR) is 117 cm³/mol. The second-order valence-corrected chi connectivity index (χ2v) is 9.67. The average molecular weight is 423 g/mol. The summed E-state index contributed by atoms with van der Waals surface area (Å²) in [7, 11) is 0. The molecule has 6 nitrogen and oxygen atoms in total. The van der Waals surface area contributed by atoms with Gasteiger partial charge in [-0.2, -0.15) is 0 Å². The third-order valence-electron chi connectivity index (χ3n) is 6.34. The molecule has 0 aliphatic carbocycles. The Morgan fingerprint density at radius 1 is 1.19 bits per heavy atom. The minimum atomic E-state index is -0.912. The molecule has 3 heterocycles. The smallest absolute Gasteiger partial charge is 0.208 e. The van der Waals surface area contributed by atoms with E-state index >= 15 is 4.39 Å². The van der Waals surface area contributed by atoms with Crippen LogP contribution in [0.3, 0.4) is 0 Å². The largest absolute Gasteiger partial charge is 0.440 e. The zero-order chi connectivity index (χ0) is 22.4. The van der Waals surface area contributed by atoms with Crippen LogP contribution in [0.25, 0.3) is 4.85 Å². The van der Waals surface area contributed by atoms with Crippen LogP contribution in [0, 0.1) is 23.7 Å². The number of aliphatic imine (C=N–C) groups is 1. The summed E-state index contributed by atoms with van der Waals surface area (Å²) in [4.78, 5) is 12.4. The zero-order valence-corrected chi connectivity index (χ0v) is 18.3. The van der Waals surface area contributed by atoms with Gasteiger partial charge in [-0.05, 0) is 56.9 Å². The number of pyridine rings is 1. The molecule has 1 aromatic heterocycles. The van der Waals surface area contributed by atoms with Crippen LogP contribution in [0.5, 0.6) is 11.6 Å². The summed E-state index contributed by atoms with van der Waals surface area (Å²) in [6.07, 6.45) is 3.04. The minimum Gasteiger partial charge on any atom is -0.440 e. The molecule has 162 valence electrons. The van der Waals surface area contributed by atoms with Gasteiger partial charge in [0.25, 0.3) is 0 Å². The van der Waals surface area contributed by atoms with Crippen molar-refractivity contribution in [3.8, 4) is 11.6 Å². The maximum Gasteiger partial charge on any atom is 0.208 e. The number of hydrogen-bond donors (Lipinski definition) is 1. The standard InChI is InChI=1S/C24H27FN4O2/c1-22(2)12-15-13-23(3,4)30-14-24(15,29-21(22)26)18-11-17(6-7-19(18)25)31-20-10-16(27-5)8-9-28-20/h6-11,15H,12-14H2,1-4H3,(H2,26,29)/t15-,24+/m1/s1. The molecule has 7 heteroatoms. The quantitative estimate of drug-likeness (QED) is 0.676. The number of amidine groups is 1. The first kappa shape index (κ1) is 21.3. The molecule has 2 aliphatic rings. The molecule has 0 radical (unpaired) electrons. The highest BCUT2D eigenvalue weighted by Gasteiger charge is 2.54. The number of fused-ring (bicyclic) bond motifs is 1. The van der Waals surface area contributed by atoms with E-state index in [4.69, 9.17) is 26.8 Å². The number of aromatic nitrogens is 1. The van der Waals surface area contributed by atoms with E-state index in [0.29, 0.717) is 22.8 Å². The Labute approximate surface area is 182 Å². The number of hydrogen-bond acceptors (Lipinski definition) is 5. The van der Waals surface area contributed by atoms with Gasteiger partial charge in [0.1, 0.15) is 22.9 Å². The lowest BCUT2D eigenvalue weighted by molar-refractivity contribution is -0.123. The minimum absolute atomic E-state index is 0.0619. The molecule has 31 heavy (non-hydrogen) atoms. The second kappa shape index (κ2) is 7.31. The molecule has 1 aromatic carbocycles. The van der Waals surface area contributed by atoms with E-state index in [2.05, 4.69) is 37.5 Å². The van der Waals surface area contributed by atoms with Crippen LogP contribution in [0.15, 0.2) is 41.5 Å². The summed E-state index contributed by atoms with van der Waals surface area (Å²) in [5, 5.41) is 0. The van der Waals surface area contributed by atoms with E-state index in [1.54, 1.807) is 24.3 Å². The Morgan fingerprint density at radius 2 is 1.97 bits per heavy atom. The first-order valence-electron chi connectivity index (χ1n) is 10.4. The summed E-state index contributed by atoms with van der Waals surface area (Å²) in [6, 6.07) is 7.72. The zero-order valence-electron chi connectivity index (χ0n) is 18.3. The highest BCUT2D eigenvalue weighted by atomic mass is 19.1. The molecule has 2 atom stereocenters. The summed E-state index contributed by atoms with van der Waals surface area (Å²) in [6.45, 7) is 15.6. The molecule has 2 N–H and O–H groups in total. The number of ether oxygens (including phenoxy) is 2. The van der Waals surface area contributed by atoms with Crippen LogP contribution in [0.4, 0.5) is 10.1 Å². The fraction of sp³-hybridized carbons (Fsp3) is 0.458. The average Bonchev–Trinajstić information content (AvgIpc) is 2.70. The molecule has 0 unspecified atom stereocenters. The van der Waals surface area contributed by atoms with Gasteiger partial charge < -0.3 is 15.2 Å². The van der Waals surface area contributed by atoms with Crippen LogP contribution >= 0.6 is 0 Å². The number of benzene rings is 1. The van der Waals surface area contributed by atoms with Crippen molar-refractivity contribution in [2.45, 2.75) is 51.7 Å². The Hall–Kier alpha value is -2.98. The fourth-order valence-corrected chi connectivity index (χ4v) is 4.60. The highest BCUT2D eigenvalue weighted by molar-refractivity contribution is 5.87. The summed E-state index contributed by atoms with van der Waals surface area (Å²) < 4.78 is 27.2. The molecule has 1 saturated heterocycles. The molecular formula is C24H27FN4O2. The predicted octanol–water partition coefficient (Wildman–Crippen LogP) is 5.36. The van der Waals surface area contributed by atoms with Crippen molar-refractivity contribution in [3.63, 3.8) is 0 Å². The Kier molecular flexibility index (Phi) is 5.01. The molecule has 0 saturated carbocycles. The summed E-state index contributed by atoms with van der Waals surface area (Å²) >= 11 is 0. The second-order valence-electron chi connectivity index (χ2n) is 9.67. The summed E-state index contributed by atoms with van der Waals surface area (Å²) in [5.74, 6) is 0.882. The van der Waals surface area contributed by atoms with Gasteiger partial charge in [-0.25, -0.2) is 14.2 Å². The van der Waals surface area contributed by atoms with E-state index in [9.17, 15) is 0 Å². The van der Waals surface area contributed by atoms with Gasteiger partial charge in [-0.15, -0.1) is 0 Å². The Balaban J connectivity index is 1.78. The lowest BCUT2D eigenvalue weighted by Gasteiger charge is -2.52. The van der Waals surface area contributed by atoms with Gasteiger partial charge in [0, 0.05) is 23.2 Å². The van der Waals surface area contributed by atoms with Crippen LogP contribution < -0.4 is 10.5 Å². The normalized spacial score (nSPS) is 26.3. The molecule has 0 amide bonds. The maximum atomic E-state index is 15.2. The lowest BCUT2D eigenvalue weighted by Crippen LogP contribution is -2.56. The van der Waals surface area contributed by atoms with Crippen LogP contribution in [-0.2, 0) is 10.3 Å². The number of rotatable bonds is 3. The van der Waals surface area contributed by atoms with Crippen LogP contribution in [0.2, 0.25) is 0 Å². The topological polar surface area (TPSA) is 74.1 Å². The van der Waals surface area contributed by atoms with Crippen molar-refractivity contribution >= 4 is 11.5 Å². The lowest BCUT2D eigenvalue weighted by atomic mass is 9.63. The van der Waals surface area contributed by atoms with E-state index < -0.39 is 5.54 Å². The molecule has 0 spiro atoms. The van der Waals surface area contributed by atoms with Gasteiger partial charge in [-0.1, -0.05) is 13.8 Å². The van der Waals surface area contributed by atoms with Gasteiger partial charge >= 0.3 is 0 Å². The van der Waals surface area contributed by atoms with Crippen molar-refractivity contribution in [1.29, 1.82) is 0 Å². The van der Waals surface area contributed by atoms with Crippen molar-refractivity contribution < 1.29 is 13.9 Å². The third-order valence-corrected chi connectivity index (χ3v) is 6.34. The molecule has 1 fully saturated rings. The Bertz CT molecular complexity index is 1090. The number of halogens is 1. The molecule has 2 aliphatic heterocycles. The van der Waals surface area contributed by atoms with Crippen LogP contribution in [0.1, 0.15) is 46.1 Å². The Morgan fingerprint density at radius 3 is 2.71 bits per heavy atom. The van der Waals surface area contributed by atoms with Crippen molar-refractivity contribution in [3.05, 3.63) is 59.3 Å². The van der Waals surface area contributed by atoms with Crippen molar-refractivity contribution in [2.75, 3.05) is 6.61 Å². The first-order valence-corrected chi connectivity index (χ1v) is 10.4. The molecule has 4 rings (SSSR count). The maximum absolute atomic E-state index is 15.2. The first-order chi connectivity index (χ1) is 14.5. The van der Waals surface area contributed by atoms with Crippen molar-refractivity contribution in [1.82, 2.24) is 4.98 Å². The third kappa shape index (κ3) is 3.88. The van der Waals surface area contributed by atoms with Gasteiger partial charge in [-0.3, -0.25) is 4.99 Å². The van der Waals surface area contributed by atoms with Gasteiger partial charge in [0.15, 0.2) is 5.69 Å². The number of nitrogens with zero attached hydrogens (tertiary/aromatic N) is 3. The molecular weight excluding hydrogens is 395 g/mol. The van der Waals surface area contributed by atoms with E-state index in [0.717, 1.165) is 12.8 Å². The van der Waals surface area contributed by atoms with E-state index in [1.165, 1.54) is 12.3 Å². The summed E-state index contributed by atoms with van der Waals surface area (Å²) in [5.41, 5.74) is 5.68. The monoisotopic (exact) mass is 422 g/mol. The SMILES string of the molecule is [C-]#[N+]c1ccnc(Oc2ccc(F)c([C@]34COC(C)(C)C[C@H]3CC(C)(C)C(N)=N4)c2)c1. The van der Waals surface area contributed by atoms with Gasteiger partial charge in [0.05, 0.1) is 18.8 Å². The van der Waals surface area contributed by atoms with E-state index in [-0.39, 0.29) is 35.2 Å². The molecule has 2 aromatic rings. The van der Waals surface area contributed by atoms with Crippen LogP contribution in [-0.4, -0.2) is 23.0 Å². The van der Waals surface area contributed by atoms with Gasteiger partial charge in [0.2, 0.25) is 5.88 Å². The fourth-order valence-electron chi connectivity index (χ4n) is 4.60. The van der Waals surface area contributed by atoms with E-state index in [1.807, 2.05) is 0 Å². The van der Waals surface area contributed by atoms with Crippen molar-refractivity contribution in [2.24, 2.45) is 22.1 Å².